The smallest absolute Gasteiger partial charge is 0.233 e. The molecule has 0 unspecified atom stereocenters. The molecule has 0 aliphatic rings. The first kappa shape index (κ1) is 12.6. The number of nitrogens with one attached hydrogen (secondary N) is 1. The molecular formula is C11H18N4O. The first-order valence-corrected chi connectivity index (χ1v) is 5.29. The fraction of sp³-hybridized carbons (Fsp3) is 0.455. The van der Waals surface area contributed by atoms with Gasteiger partial charge in [-0.3, -0.25) is 15.2 Å². The zero-order valence-electron chi connectivity index (χ0n) is 9.52. The topological polar surface area (TPSA) is 71.2 Å². The lowest BCUT2D eigenvalue weighted by atomic mass is 10.2. The molecule has 5 heteroatoms. The van der Waals surface area contributed by atoms with Crippen molar-refractivity contribution in [1.82, 2.24) is 15.3 Å². The molecule has 0 saturated carbocycles. The highest BCUT2D eigenvalue weighted by atomic mass is 16.2. The number of aromatic nitrogens is 1. The molecule has 1 rings (SSSR count). The second-order valence-corrected chi connectivity index (χ2v) is 3.76. The molecule has 0 saturated heterocycles. The van der Waals surface area contributed by atoms with Gasteiger partial charge in [0.05, 0.1) is 0 Å². The van der Waals surface area contributed by atoms with Gasteiger partial charge in [-0.05, 0) is 37.7 Å². The summed E-state index contributed by atoms with van der Waals surface area (Å²) in [5, 5.41) is 0. The van der Waals surface area contributed by atoms with Gasteiger partial charge in [0.15, 0.2) is 0 Å². The Morgan fingerprint density at radius 1 is 1.50 bits per heavy atom. The third-order valence-corrected chi connectivity index (χ3v) is 2.31. The average Bonchev–Trinajstić information content (AvgIpc) is 2.30. The molecule has 16 heavy (non-hydrogen) atoms. The minimum atomic E-state index is -0.114. The van der Waals surface area contributed by atoms with Crippen LogP contribution in [0.4, 0.5) is 0 Å². The zero-order chi connectivity index (χ0) is 11.8. The molecule has 0 radical (unpaired) electrons. The standard InChI is InChI=1S/C11H18N4O/c1-15(8-2-3-11(16)14-12)9-10-4-6-13-7-5-10/h4-7H,2-3,8-9,12H2,1H3,(H,14,16). The van der Waals surface area contributed by atoms with Gasteiger partial charge in [0, 0.05) is 25.4 Å². The highest BCUT2D eigenvalue weighted by Gasteiger charge is 2.02. The Kier molecular flexibility index (Phi) is 5.45. The Morgan fingerprint density at radius 2 is 2.19 bits per heavy atom. The van der Waals surface area contributed by atoms with Crippen LogP contribution in [-0.4, -0.2) is 29.4 Å². The van der Waals surface area contributed by atoms with Crippen LogP contribution in [0, 0.1) is 0 Å². The van der Waals surface area contributed by atoms with Crippen LogP contribution in [0.3, 0.4) is 0 Å². The van der Waals surface area contributed by atoms with Crippen molar-refractivity contribution in [3.8, 4) is 0 Å². The van der Waals surface area contributed by atoms with Crippen molar-refractivity contribution in [2.45, 2.75) is 19.4 Å². The third kappa shape index (κ3) is 4.86. The van der Waals surface area contributed by atoms with Gasteiger partial charge in [-0.1, -0.05) is 0 Å². The number of pyridine rings is 1. The van der Waals surface area contributed by atoms with Gasteiger partial charge in [-0.15, -0.1) is 0 Å². The quantitative estimate of drug-likeness (QED) is 0.412. The minimum absolute atomic E-state index is 0.114. The Bertz CT molecular complexity index is 315. The van der Waals surface area contributed by atoms with Crippen molar-refractivity contribution in [1.29, 1.82) is 0 Å². The summed E-state index contributed by atoms with van der Waals surface area (Å²) < 4.78 is 0. The SMILES string of the molecule is CN(CCCC(=O)NN)Cc1ccncc1. The van der Waals surface area contributed by atoms with E-state index in [1.54, 1.807) is 12.4 Å². The Labute approximate surface area is 95.6 Å². The van der Waals surface area contributed by atoms with Gasteiger partial charge in [0.25, 0.3) is 0 Å². The maximum Gasteiger partial charge on any atom is 0.233 e. The van der Waals surface area contributed by atoms with E-state index in [4.69, 9.17) is 5.84 Å². The van der Waals surface area contributed by atoms with E-state index >= 15 is 0 Å². The summed E-state index contributed by atoms with van der Waals surface area (Å²) in [6.45, 7) is 1.74. The highest BCUT2D eigenvalue weighted by Crippen LogP contribution is 2.02. The molecule has 0 aliphatic carbocycles. The summed E-state index contributed by atoms with van der Waals surface area (Å²) in [7, 11) is 2.03. The molecule has 1 aromatic heterocycles. The van der Waals surface area contributed by atoms with E-state index in [9.17, 15) is 4.79 Å². The van der Waals surface area contributed by atoms with Gasteiger partial charge in [-0.25, -0.2) is 5.84 Å². The molecule has 0 fully saturated rings. The fourth-order valence-corrected chi connectivity index (χ4v) is 1.46. The van der Waals surface area contributed by atoms with Crippen LogP contribution in [0.1, 0.15) is 18.4 Å². The molecular weight excluding hydrogens is 204 g/mol. The van der Waals surface area contributed by atoms with Crippen LogP contribution < -0.4 is 11.3 Å². The number of nitrogens with zero attached hydrogens (tertiary/aromatic N) is 2. The second kappa shape index (κ2) is 6.92. The largest absolute Gasteiger partial charge is 0.302 e. The average molecular weight is 222 g/mol. The molecule has 1 aromatic rings. The van der Waals surface area contributed by atoms with Crippen LogP contribution >= 0.6 is 0 Å². The van der Waals surface area contributed by atoms with E-state index in [-0.39, 0.29) is 5.91 Å². The van der Waals surface area contributed by atoms with E-state index in [0.29, 0.717) is 6.42 Å². The number of hydrogen-bond acceptors (Lipinski definition) is 4. The zero-order valence-corrected chi connectivity index (χ0v) is 9.52. The first-order chi connectivity index (χ1) is 7.72. The summed E-state index contributed by atoms with van der Waals surface area (Å²) in [4.78, 5) is 17.0. The lowest BCUT2D eigenvalue weighted by molar-refractivity contribution is -0.121. The lowest BCUT2D eigenvalue weighted by Crippen LogP contribution is -2.30. The summed E-state index contributed by atoms with van der Waals surface area (Å²) >= 11 is 0. The number of carbonyl (C=O) groups excluding carboxylic acids is 1. The number of hydrazine groups is 1. The Balaban J connectivity index is 2.21. The predicted octanol–water partition coefficient (Wildman–Crippen LogP) is 0.284. The monoisotopic (exact) mass is 222 g/mol. The highest BCUT2D eigenvalue weighted by molar-refractivity contribution is 5.75. The molecule has 0 bridgehead atoms. The van der Waals surface area contributed by atoms with Crippen LogP contribution in [0.2, 0.25) is 0 Å². The molecule has 5 nitrogen and oxygen atoms in total. The molecule has 0 aromatic carbocycles. The van der Waals surface area contributed by atoms with Crippen LogP contribution in [0.5, 0.6) is 0 Å². The van der Waals surface area contributed by atoms with Crippen LogP contribution in [-0.2, 0) is 11.3 Å². The first-order valence-electron chi connectivity index (χ1n) is 5.29. The predicted molar refractivity (Wildman–Crippen MR) is 62.1 cm³/mol. The van der Waals surface area contributed by atoms with Gasteiger partial charge in [0.1, 0.15) is 0 Å². The normalized spacial score (nSPS) is 10.4. The Morgan fingerprint density at radius 3 is 2.81 bits per heavy atom. The molecule has 0 aliphatic heterocycles. The maximum absolute atomic E-state index is 10.9. The van der Waals surface area contributed by atoms with E-state index in [1.807, 2.05) is 19.2 Å². The summed E-state index contributed by atoms with van der Waals surface area (Å²) in [5.41, 5.74) is 3.35. The van der Waals surface area contributed by atoms with Crippen LogP contribution in [0.15, 0.2) is 24.5 Å². The Hall–Kier alpha value is -1.46. The minimum Gasteiger partial charge on any atom is -0.302 e. The van der Waals surface area contributed by atoms with Gasteiger partial charge < -0.3 is 4.90 Å². The van der Waals surface area contributed by atoms with Gasteiger partial charge >= 0.3 is 0 Å². The number of carbonyl (C=O) groups is 1. The number of hydrogen-bond donors (Lipinski definition) is 2. The third-order valence-electron chi connectivity index (χ3n) is 2.31. The number of nitrogens with two attached hydrogens (primary N) is 1. The van der Waals surface area contributed by atoms with Crippen molar-refractivity contribution in [3.05, 3.63) is 30.1 Å². The van der Waals surface area contributed by atoms with Gasteiger partial charge in [0.2, 0.25) is 5.91 Å². The lowest BCUT2D eigenvalue weighted by Gasteiger charge is -2.15. The van der Waals surface area contributed by atoms with Crippen molar-refractivity contribution in [2.24, 2.45) is 5.84 Å². The van der Waals surface area contributed by atoms with Crippen molar-refractivity contribution in [3.63, 3.8) is 0 Å². The number of rotatable bonds is 6. The summed E-state index contributed by atoms with van der Waals surface area (Å²) in [5.74, 6) is 4.88. The van der Waals surface area contributed by atoms with Crippen molar-refractivity contribution in [2.75, 3.05) is 13.6 Å². The van der Waals surface area contributed by atoms with Crippen molar-refractivity contribution < 1.29 is 4.79 Å². The molecule has 1 amide bonds. The summed E-state index contributed by atoms with van der Waals surface area (Å²) in [6, 6.07) is 3.98. The second-order valence-electron chi connectivity index (χ2n) is 3.76. The maximum atomic E-state index is 10.9. The van der Waals surface area contributed by atoms with Gasteiger partial charge in [-0.2, -0.15) is 0 Å². The fourth-order valence-electron chi connectivity index (χ4n) is 1.46. The van der Waals surface area contributed by atoms with E-state index in [0.717, 1.165) is 19.5 Å². The molecule has 0 spiro atoms. The van der Waals surface area contributed by atoms with Crippen molar-refractivity contribution >= 4 is 5.91 Å². The number of amides is 1. The van der Waals surface area contributed by atoms with E-state index in [2.05, 4.69) is 15.3 Å². The van der Waals surface area contributed by atoms with E-state index < -0.39 is 0 Å². The van der Waals surface area contributed by atoms with Crippen LogP contribution in [0.25, 0.3) is 0 Å². The molecule has 88 valence electrons. The molecule has 1 heterocycles. The summed E-state index contributed by atoms with van der Waals surface area (Å²) in [6.07, 6.45) is 4.85. The molecule has 3 N–H and O–H groups in total. The molecule has 0 atom stereocenters. The van der Waals surface area contributed by atoms with E-state index in [1.165, 1.54) is 5.56 Å².